The zero-order chi connectivity index (χ0) is 25.8. The molecule has 0 spiro atoms. The van der Waals surface area contributed by atoms with E-state index in [0.717, 1.165) is 74.7 Å². The highest BCUT2D eigenvalue weighted by Crippen LogP contribution is 2.54. The summed E-state index contributed by atoms with van der Waals surface area (Å²) < 4.78 is 29.6. The van der Waals surface area contributed by atoms with Crippen LogP contribution >= 0.6 is 0 Å². The SMILES string of the molecule is C=Nc1[nH]c(C2(C(C)(F)F)CCC2)cc1/C(=C\C)c1nc(N2CCNCC2)c2c(C3CC3)cncc2n1. The van der Waals surface area contributed by atoms with E-state index in [1.54, 1.807) is 0 Å². The molecule has 0 bridgehead atoms. The molecule has 7 nitrogen and oxygen atoms in total. The predicted molar refractivity (Wildman–Crippen MR) is 143 cm³/mol. The second-order valence-electron chi connectivity index (χ2n) is 10.6. The number of aromatic nitrogens is 4. The minimum Gasteiger partial charge on any atom is -0.353 e. The van der Waals surface area contributed by atoms with E-state index < -0.39 is 11.3 Å². The number of anilines is 1. The van der Waals surface area contributed by atoms with Crippen molar-refractivity contribution in [2.45, 2.75) is 63.2 Å². The summed E-state index contributed by atoms with van der Waals surface area (Å²) in [7, 11) is 0. The van der Waals surface area contributed by atoms with E-state index in [-0.39, 0.29) is 0 Å². The highest BCUT2D eigenvalue weighted by molar-refractivity contribution is 5.95. The molecule has 0 radical (unpaired) electrons. The van der Waals surface area contributed by atoms with Crippen LogP contribution in [0.25, 0.3) is 16.5 Å². The van der Waals surface area contributed by atoms with Gasteiger partial charge in [0.1, 0.15) is 11.6 Å². The molecular formula is C28H33F2N7. The maximum Gasteiger partial charge on any atom is 0.256 e. The van der Waals surface area contributed by atoms with Crippen molar-refractivity contribution in [1.29, 1.82) is 0 Å². The Kier molecular flexibility index (Phi) is 5.86. The number of aromatic amines is 1. The van der Waals surface area contributed by atoms with E-state index >= 15 is 0 Å². The number of aliphatic imine (C=N–C) groups is 1. The van der Waals surface area contributed by atoms with Crippen LogP contribution < -0.4 is 10.2 Å². The molecule has 0 aromatic carbocycles. The number of pyridine rings is 1. The average molecular weight is 506 g/mol. The first-order chi connectivity index (χ1) is 17.9. The third-order valence-electron chi connectivity index (χ3n) is 8.39. The molecule has 3 fully saturated rings. The molecule has 2 saturated carbocycles. The number of alkyl halides is 2. The zero-order valence-electron chi connectivity index (χ0n) is 21.4. The molecule has 194 valence electrons. The molecule has 0 unspecified atom stereocenters. The molecule has 2 N–H and O–H groups in total. The first kappa shape index (κ1) is 24.2. The van der Waals surface area contributed by atoms with Gasteiger partial charge in [0.05, 0.1) is 17.1 Å². The van der Waals surface area contributed by atoms with Crippen LogP contribution in [0.15, 0.2) is 29.5 Å². The molecule has 3 aliphatic rings. The lowest BCUT2D eigenvalue weighted by atomic mass is 9.63. The van der Waals surface area contributed by atoms with Crippen molar-refractivity contribution in [3.05, 3.63) is 47.2 Å². The van der Waals surface area contributed by atoms with Crippen molar-refractivity contribution in [2.24, 2.45) is 4.99 Å². The fourth-order valence-corrected chi connectivity index (χ4v) is 5.93. The third kappa shape index (κ3) is 3.95. The summed E-state index contributed by atoms with van der Waals surface area (Å²) in [6, 6.07) is 1.81. The van der Waals surface area contributed by atoms with Gasteiger partial charge in [0.2, 0.25) is 0 Å². The zero-order valence-corrected chi connectivity index (χ0v) is 21.4. The number of nitrogens with zero attached hydrogens (tertiary/aromatic N) is 5. The van der Waals surface area contributed by atoms with E-state index in [2.05, 4.69) is 31.9 Å². The fourth-order valence-electron chi connectivity index (χ4n) is 5.93. The van der Waals surface area contributed by atoms with Crippen molar-refractivity contribution in [2.75, 3.05) is 31.1 Å². The lowest BCUT2D eigenvalue weighted by Gasteiger charge is -2.45. The van der Waals surface area contributed by atoms with Gasteiger partial charge in [0.25, 0.3) is 5.92 Å². The largest absolute Gasteiger partial charge is 0.353 e. The van der Waals surface area contributed by atoms with Gasteiger partial charge in [-0.1, -0.05) is 12.5 Å². The van der Waals surface area contributed by atoms with E-state index in [1.807, 2.05) is 31.5 Å². The van der Waals surface area contributed by atoms with E-state index in [1.165, 1.54) is 5.56 Å². The molecule has 9 heteroatoms. The van der Waals surface area contributed by atoms with Crippen LogP contribution in [0, 0.1) is 0 Å². The summed E-state index contributed by atoms with van der Waals surface area (Å²) >= 11 is 0. The smallest absolute Gasteiger partial charge is 0.256 e. The molecule has 3 aromatic rings. The number of rotatable bonds is 7. The molecule has 0 atom stereocenters. The van der Waals surface area contributed by atoms with Crippen LogP contribution in [0.5, 0.6) is 0 Å². The van der Waals surface area contributed by atoms with Crippen LogP contribution in [-0.2, 0) is 5.41 Å². The van der Waals surface area contributed by atoms with Gasteiger partial charge in [0, 0.05) is 61.5 Å². The van der Waals surface area contributed by atoms with Gasteiger partial charge in [-0.3, -0.25) is 4.98 Å². The molecule has 2 aliphatic carbocycles. The van der Waals surface area contributed by atoms with Crippen molar-refractivity contribution in [1.82, 2.24) is 25.3 Å². The van der Waals surface area contributed by atoms with Gasteiger partial charge in [0.15, 0.2) is 5.82 Å². The van der Waals surface area contributed by atoms with Crippen LogP contribution in [-0.4, -0.2) is 58.8 Å². The Morgan fingerprint density at radius 1 is 1.22 bits per heavy atom. The van der Waals surface area contributed by atoms with Gasteiger partial charge in [-0.05, 0) is 56.9 Å². The number of fused-ring (bicyclic) bond motifs is 1. The van der Waals surface area contributed by atoms with Gasteiger partial charge in [-0.25, -0.2) is 23.7 Å². The van der Waals surface area contributed by atoms with Crippen LogP contribution in [0.3, 0.4) is 0 Å². The Labute approximate surface area is 215 Å². The number of allylic oxidation sites excluding steroid dienone is 1. The van der Waals surface area contributed by atoms with E-state index in [0.29, 0.717) is 41.7 Å². The fraction of sp³-hybridized carbons (Fsp3) is 0.500. The lowest BCUT2D eigenvalue weighted by molar-refractivity contribution is -0.0986. The Hall–Kier alpha value is -3.20. The molecule has 1 aliphatic heterocycles. The average Bonchev–Trinajstić information content (AvgIpc) is 3.63. The van der Waals surface area contributed by atoms with Crippen LogP contribution in [0.2, 0.25) is 0 Å². The predicted octanol–water partition coefficient (Wildman–Crippen LogP) is 5.50. The lowest BCUT2D eigenvalue weighted by Crippen LogP contribution is -2.49. The van der Waals surface area contributed by atoms with Gasteiger partial charge in [-0.2, -0.15) is 0 Å². The standard InChI is InChI=1S/C28H33F2N7/c1-4-18(19-14-22(35-24(19)31-3)28(8-5-9-28)27(2,29)30)25-34-21-16-33-15-20(17-6-7-17)23(21)26(36-25)37-12-10-32-11-13-37/h4,14-17,32,35H,3,5-13H2,1-2H3/b18-4+. The second-order valence-corrected chi connectivity index (χ2v) is 10.6. The summed E-state index contributed by atoms with van der Waals surface area (Å²) in [5, 5.41) is 4.50. The maximum absolute atomic E-state index is 14.8. The molecule has 1 saturated heterocycles. The maximum atomic E-state index is 14.8. The molecule has 37 heavy (non-hydrogen) atoms. The van der Waals surface area contributed by atoms with Crippen LogP contribution in [0.4, 0.5) is 20.4 Å². The van der Waals surface area contributed by atoms with Crippen molar-refractivity contribution in [3.63, 3.8) is 0 Å². The first-order valence-electron chi connectivity index (χ1n) is 13.2. The summed E-state index contributed by atoms with van der Waals surface area (Å²) in [6.45, 7) is 10.1. The van der Waals surface area contributed by atoms with E-state index in [4.69, 9.17) is 9.97 Å². The van der Waals surface area contributed by atoms with E-state index in [9.17, 15) is 8.78 Å². The first-order valence-corrected chi connectivity index (χ1v) is 13.2. The molecule has 6 rings (SSSR count). The summed E-state index contributed by atoms with van der Waals surface area (Å²) in [6.07, 6.45) is 9.68. The quantitative estimate of drug-likeness (QED) is 0.415. The van der Waals surface area contributed by atoms with Crippen molar-refractivity contribution in [3.8, 4) is 0 Å². The molecular weight excluding hydrogens is 472 g/mol. The second kappa shape index (κ2) is 8.97. The number of H-pyrrole nitrogens is 1. The van der Waals surface area contributed by atoms with Crippen LogP contribution in [0.1, 0.15) is 74.5 Å². The topological polar surface area (TPSA) is 82.1 Å². The van der Waals surface area contributed by atoms with Crippen molar-refractivity contribution >= 4 is 34.8 Å². The van der Waals surface area contributed by atoms with Gasteiger partial charge in [-0.15, -0.1) is 0 Å². The van der Waals surface area contributed by atoms with Crippen molar-refractivity contribution < 1.29 is 8.78 Å². The Morgan fingerprint density at radius 3 is 2.57 bits per heavy atom. The summed E-state index contributed by atoms with van der Waals surface area (Å²) in [5.41, 5.74) is 2.76. The number of hydrogen-bond acceptors (Lipinski definition) is 6. The number of piperazine rings is 1. The number of nitrogens with one attached hydrogen (secondary N) is 2. The highest BCUT2D eigenvalue weighted by Gasteiger charge is 2.56. The summed E-state index contributed by atoms with van der Waals surface area (Å²) in [4.78, 5) is 24.3. The Bertz CT molecular complexity index is 1370. The molecule has 0 amide bonds. The Morgan fingerprint density at radius 2 is 1.97 bits per heavy atom. The minimum absolute atomic E-state index is 0.438. The normalized spacial score (nSPS) is 20.2. The summed E-state index contributed by atoms with van der Waals surface area (Å²) in [5.74, 6) is -0.409. The van der Waals surface area contributed by atoms with Gasteiger partial charge < -0.3 is 15.2 Å². The number of halogens is 2. The third-order valence-corrected chi connectivity index (χ3v) is 8.39. The highest BCUT2D eigenvalue weighted by atomic mass is 19.3. The number of hydrogen-bond donors (Lipinski definition) is 2. The minimum atomic E-state index is -2.85. The Balaban J connectivity index is 1.50. The molecule has 3 aromatic heterocycles. The monoisotopic (exact) mass is 505 g/mol. The van der Waals surface area contributed by atoms with Gasteiger partial charge >= 0.3 is 0 Å². The molecule has 4 heterocycles.